The summed E-state index contributed by atoms with van der Waals surface area (Å²) in [6, 6.07) is 15.5. The van der Waals surface area contributed by atoms with Crippen LogP contribution in [-0.2, 0) is 6.54 Å². The Hall–Kier alpha value is -2.95. The number of benzene rings is 2. The summed E-state index contributed by atoms with van der Waals surface area (Å²) in [6.45, 7) is 1.20. The van der Waals surface area contributed by atoms with E-state index in [0.717, 1.165) is 5.52 Å². The van der Waals surface area contributed by atoms with E-state index in [1.165, 1.54) is 19.6 Å². The number of methoxy groups -OCH3 is 2. The molecule has 0 aliphatic rings. The van der Waals surface area contributed by atoms with Crippen molar-refractivity contribution in [2.45, 2.75) is 6.54 Å². The smallest absolute Gasteiger partial charge is 0.258 e. The van der Waals surface area contributed by atoms with Crippen molar-refractivity contribution in [1.29, 1.82) is 0 Å². The molecule has 5 heteroatoms. The van der Waals surface area contributed by atoms with Gasteiger partial charge in [0, 0.05) is 24.8 Å². The van der Waals surface area contributed by atoms with Crippen molar-refractivity contribution in [1.82, 2.24) is 9.88 Å². The third-order valence-corrected chi connectivity index (χ3v) is 3.97. The molecule has 0 radical (unpaired) electrons. The number of amides is 1. The molecular weight excluding hydrogens is 304 g/mol. The average Bonchev–Trinajstić information content (AvgIpc) is 3.04. The van der Waals surface area contributed by atoms with Crippen molar-refractivity contribution in [3.8, 4) is 11.5 Å². The first kappa shape index (κ1) is 15.9. The zero-order valence-electron chi connectivity index (χ0n) is 13.8. The minimum absolute atomic E-state index is 0.208. The quantitative estimate of drug-likeness (QED) is 0.758. The fraction of sp³-hybridized carbons (Fsp3) is 0.211. The summed E-state index contributed by atoms with van der Waals surface area (Å²) in [5, 5.41) is 4.12. The average molecular weight is 324 g/mol. The van der Waals surface area contributed by atoms with Crippen LogP contribution in [-0.4, -0.2) is 31.2 Å². The van der Waals surface area contributed by atoms with Crippen LogP contribution in [0.4, 0.5) is 0 Å². The predicted octanol–water partition coefficient (Wildman–Crippen LogP) is 3.09. The van der Waals surface area contributed by atoms with Gasteiger partial charge in [-0.15, -0.1) is 0 Å². The van der Waals surface area contributed by atoms with Gasteiger partial charge in [0.25, 0.3) is 5.91 Å². The molecule has 1 N–H and O–H groups in total. The minimum Gasteiger partial charge on any atom is -0.496 e. The topological polar surface area (TPSA) is 52.5 Å². The van der Waals surface area contributed by atoms with E-state index in [2.05, 4.69) is 28.1 Å². The summed E-state index contributed by atoms with van der Waals surface area (Å²) in [7, 11) is 3.08. The number of ether oxygens (including phenoxy) is 2. The molecule has 5 nitrogen and oxygen atoms in total. The molecule has 0 fully saturated rings. The number of carbonyl (C=O) groups excluding carboxylic acids is 1. The minimum atomic E-state index is -0.208. The molecule has 0 aliphatic carbocycles. The molecule has 0 saturated carbocycles. The molecule has 3 aromatic rings. The van der Waals surface area contributed by atoms with Gasteiger partial charge in [-0.3, -0.25) is 4.79 Å². The maximum absolute atomic E-state index is 12.5. The third-order valence-electron chi connectivity index (χ3n) is 3.97. The van der Waals surface area contributed by atoms with Crippen LogP contribution >= 0.6 is 0 Å². The summed E-state index contributed by atoms with van der Waals surface area (Å²) >= 11 is 0. The van der Waals surface area contributed by atoms with Crippen molar-refractivity contribution in [3.63, 3.8) is 0 Å². The molecule has 0 aliphatic heterocycles. The number of rotatable bonds is 6. The summed E-state index contributed by atoms with van der Waals surface area (Å²) in [5.41, 5.74) is 1.57. The van der Waals surface area contributed by atoms with Crippen LogP contribution in [0.3, 0.4) is 0 Å². The molecule has 0 spiro atoms. The Labute approximate surface area is 140 Å². The molecule has 3 rings (SSSR count). The lowest BCUT2D eigenvalue weighted by Crippen LogP contribution is -2.27. The maximum Gasteiger partial charge on any atom is 0.258 e. The molecule has 0 bridgehead atoms. The first-order chi connectivity index (χ1) is 11.7. The zero-order valence-corrected chi connectivity index (χ0v) is 13.8. The van der Waals surface area contributed by atoms with Crippen LogP contribution < -0.4 is 14.8 Å². The van der Waals surface area contributed by atoms with Crippen molar-refractivity contribution < 1.29 is 14.3 Å². The zero-order chi connectivity index (χ0) is 16.9. The van der Waals surface area contributed by atoms with E-state index < -0.39 is 0 Å². The molecule has 0 unspecified atom stereocenters. The number of aromatic nitrogens is 1. The van der Waals surface area contributed by atoms with Crippen LogP contribution in [0.2, 0.25) is 0 Å². The Kier molecular flexibility index (Phi) is 4.70. The second-order valence-corrected chi connectivity index (χ2v) is 5.36. The summed E-state index contributed by atoms with van der Waals surface area (Å²) in [6.07, 6.45) is 2.03. The molecule has 1 heterocycles. The molecule has 2 aromatic carbocycles. The first-order valence-electron chi connectivity index (χ1n) is 7.77. The van der Waals surface area contributed by atoms with Gasteiger partial charge in [0.15, 0.2) is 0 Å². The van der Waals surface area contributed by atoms with Gasteiger partial charge in [-0.1, -0.05) is 24.3 Å². The van der Waals surface area contributed by atoms with E-state index in [1.54, 1.807) is 18.2 Å². The van der Waals surface area contributed by atoms with Gasteiger partial charge < -0.3 is 19.4 Å². The fourth-order valence-corrected chi connectivity index (χ4v) is 2.79. The fourth-order valence-electron chi connectivity index (χ4n) is 2.79. The molecule has 24 heavy (non-hydrogen) atoms. The Morgan fingerprint density at radius 1 is 1.00 bits per heavy atom. The maximum atomic E-state index is 12.5. The second kappa shape index (κ2) is 7.08. The SMILES string of the molecule is COc1cccc(OC)c1C(=O)NCCn1ccc2ccccc21. The molecular formula is C19H20N2O3. The Morgan fingerprint density at radius 2 is 1.71 bits per heavy atom. The predicted molar refractivity (Wildman–Crippen MR) is 93.8 cm³/mol. The molecule has 0 saturated heterocycles. The number of nitrogens with zero attached hydrogens (tertiary/aromatic N) is 1. The molecule has 1 amide bonds. The van der Waals surface area contributed by atoms with Gasteiger partial charge >= 0.3 is 0 Å². The number of hydrogen-bond donors (Lipinski definition) is 1. The Balaban J connectivity index is 1.70. The lowest BCUT2D eigenvalue weighted by atomic mass is 10.1. The number of hydrogen-bond acceptors (Lipinski definition) is 3. The van der Waals surface area contributed by atoms with Gasteiger partial charge in [-0.2, -0.15) is 0 Å². The van der Waals surface area contributed by atoms with Crippen LogP contribution in [0, 0.1) is 0 Å². The van der Waals surface area contributed by atoms with Crippen LogP contribution in [0.25, 0.3) is 10.9 Å². The van der Waals surface area contributed by atoms with E-state index in [-0.39, 0.29) is 5.91 Å². The monoisotopic (exact) mass is 324 g/mol. The summed E-state index contributed by atoms with van der Waals surface area (Å²) < 4.78 is 12.7. The van der Waals surface area contributed by atoms with E-state index in [9.17, 15) is 4.79 Å². The number of para-hydroxylation sites is 1. The highest BCUT2D eigenvalue weighted by atomic mass is 16.5. The van der Waals surface area contributed by atoms with E-state index >= 15 is 0 Å². The van der Waals surface area contributed by atoms with Crippen molar-refractivity contribution in [2.75, 3.05) is 20.8 Å². The standard InChI is InChI=1S/C19H20N2O3/c1-23-16-8-5-9-17(24-2)18(16)19(22)20-11-13-21-12-10-14-6-3-4-7-15(14)21/h3-10,12H,11,13H2,1-2H3,(H,20,22). The highest BCUT2D eigenvalue weighted by molar-refractivity contribution is 5.99. The third kappa shape index (κ3) is 3.06. The molecule has 0 atom stereocenters. The van der Waals surface area contributed by atoms with Gasteiger partial charge in [0.1, 0.15) is 17.1 Å². The lowest BCUT2D eigenvalue weighted by Gasteiger charge is -2.13. The van der Waals surface area contributed by atoms with E-state index in [0.29, 0.717) is 30.2 Å². The number of nitrogens with one attached hydrogen (secondary N) is 1. The van der Waals surface area contributed by atoms with E-state index in [4.69, 9.17) is 9.47 Å². The largest absolute Gasteiger partial charge is 0.496 e. The Morgan fingerprint density at radius 3 is 2.42 bits per heavy atom. The summed E-state index contributed by atoms with van der Waals surface area (Å²) in [4.78, 5) is 12.5. The van der Waals surface area contributed by atoms with Gasteiger partial charge in [-0.05, 0) is 29.7 Å². The normalized spacial score (nSPS) is 10.6. The van der Waals surface area contributed by atoms with Crippen LogP contribution in [0.15, 0.2) is 54.7 Å². The highest BCUT2D eigenvalue weighted by Gasteiger charge is 2.17. The molecule has 124 valence electrons. The Bertz CT molecular complexity index is 832. The van der Waals surface area contributed by atoms with Crippen molar-refractivity contribution in [3.05, 3.63) is 60.3 Å². The van der Waals surface area contributed by atoms with Crippen molar-refractivity contribution >= 4 is 16.8 Å². The number of carbonyl (C=O) groups is 1. The lowest BCUT2D eigenvalue weighted by molar-refractivity contribution is 0.0946. The first-order valence-corrected chi connectivity index (χ1v) is 7.77. The van der Waals surface area contributed by atoms with Crippen molar-refractivity contribution in [2.24, 2.45) is 0 Å². The van der Waals surface area contributed by atoms with Crippen LogP contribution in [0.5, 0.6) is 11.5 Å². The van der Waals surface area contributed by atoms with Crippen LogP contribution in [0.1, 0.15) is 10.4 Å². The highest BCUT2D eigenvalue weighted by Crippen LogP contribution is 2.27. The second-order valence-electron chi connectivity index (χ2n) is 5.36. The van der Waals surface area contributed by atoms with E-state index in [1.807, 2.05) is 18.3 Å². The van der Waals surface area contributed by atoms with Gasteiger partial charge in [-0.25, -0.2) is 0 Å². The number of fused-ring (bicyclic) bond motifs is 1. The molecule has 1 aromatic heterocycles. The summed E-state index contributed by atoms with van der Waals surface area (Å²) in [5.74, 6) is 0.789. The van der Waals surface area contributed by atoms with Gasteiger partial charge in [0.05, 0.1) is 14.2 Å². The van der Waals surface area contributed by atoms with Gasteiger partial charge in [0.2, 0.25) is 0 Å².